The van der Waals surface area contributed by atoms with E-state index in [9.17, 15) is 13.2 Å². The first kappa shape index (κ1) is 26.3. The van der Waals surface area contributed by atoms with Gasteiger partial charge in [-0.25, -0.2) is 8.42 Å². The molecule has 7 heteroatoms. The molecule has 3 rings (SSSR count). The quantitative estimate of drug-likeness (QED) is 0.379. The zero-order valence-electron chi connectivity index (χ0n) is 20.9. The van der Waals surface area contributed by atoms with Gasteiger partial charge in [-0.15, -0.1) is 0 Å². The Morgan fingerprint density at radius 3 is 2.23 bits per heavy atom. The number of hydrogen-bond donors (Lipinski definition) is 1. The van der Waals surface area contributed by atoms with Crippen LogP contribution in [0, 0.1) is 13.8 Å². The average Bonchev–Trinajstić information content (AvgIpc) is 2.83. The molecular weight excluding hydrogens is 460 g/mol. The molecule has 1 amide bonds. The normalized spacial score (nSPS) is 11.2. The molecule has 0 fully saturated rings. The third kappa shape index (κ3) is 7.33. The van der Waals surface area contributed by atoms with E-state index < -0.39 is 10.0 Å². The summed E-state index contributed by atoms with van der Waals surface area (Å²) < 4.78 is 32.1. The SMILES string of the molecule is CCCc1ccc(OCCNC(=O)c2ccc(CN(c3cccc(C)c3C)S(C)(=O)=O)cc2)cc1. The first-order valence-electron chi connectivity index (χ1n) is 11.8. The summed E-state index contributed by atoms with van der Waals surface area (Å²) in [5.74, 6) is 0.579. The number of hydrogen-bond acceptors (Lipinski definition) is 4. The Bertz CT molecular complexity index is 1240. The Labute approximate surface area is 209 Å². The molecule has 35 heavy (non-hydrogen) atoms. The van der Waals surface area contributed by atoms with Crippen molar-refractivity contribution >= 4 is 21.6 Å². The number of nitrogens with one attached hydrogen (secondary N) is 1. The van der Waals surface area contributed by atoms with Gasteiger partial charge in [-0.3, -0.25) is 9.10 Å². The first-order valence-corrected chi connectivity index (χ1v) is 13.7. The van der Waals surface area contributed by atoms with E-state index >= 15 is 0 Å². The van der Waals surface area contributed by atoms with E-state index in [2.05, 4.69) is 24.4 Å². The van der Waals surface area contributed by atoms with E-state index in [0.29, 0.717) is 24.4 Å². The predicted octanol–water partition coefficient (Wildman–Crippen LogP) is 5.03. The number of anilines is 1. The van der Waals surface area contributed by atoms with Crippen molar-refractivity contribution in [3.63, 3.8) is 0 Å². The van der Waals surface area contributed by atoms with E-state index in [1.165, 1.54) is 16.1 Å². The summed E-state index contributed by atoms with van der Waals surface area (Å²) in [4.78, 5) is 12.5. The zero-order chi connectivity index (χ0) is 25.4. The first-order chi connectivity index (χ1) is 16.7. The molecule has 0 spiro atoms. The number of benzene rings is 3. The van der Waals surface area contributed by atoms with Gasteiger partial charge in [-0.1, -0.05) is 49.7 Å². The summed E-state index contributed by atoms with van der Waals surface area (Å²) in [5.41, 5.74) is 5.20. The fraction of sp³-hybridized carbons (Fsp3) is 0.321. The smallest absolute Gasteiger partial charge is 0.251 e. The molecule has 0 heterocycles. The molecule has 0 aromatic heterocycles. The molecule has 1 N–H and O–H groups in total. The number of nitrogens with zero attached hydrogens (tertiary/aromatic N) is 1. The third-order valence-electron chi connectivity index (χ3n) is 5.91. The van der Waals surface area contributed by atoms with E-state index in [-0.39, 0.29) is 12.5 Å². The Morgan fingerprint density at radius 1 is 0.943 bits per heavy atom. The minimum atomic E-state index is -3.49. The summed E-state index contributed by atoms with van der Waals surface area (Å²) in [6, 6.07) is 20.6. The molecule has 0 saturated heterocycles. The van der Waals surface area contributed by atoms with Crippen LogP contribution in [0.1, 0.15) is 46.0 Å². The molecule has 0 saturated carbocycles. The van der Waals surface area contributed by atoms with Crippen LogP contribution in [0.15, 0.2) is 66.7 Å². The van der Waals surface area contributed by atoms with Crippen LogP contribution >= 0.6 is 0 Å². The number of carbonyl (C=O) groups is 1. The van der Waals surface area contributed by atoms with Crippen LogP contribution in [0.2, 0.25) is 0 Å². The minimum Gasteiger partial charge on any atom is -0.492 e. The maximum Gasteiger partial charge on any atom is 0.251 e. The van der Waals surface area contributed by atoms with Gasteiger partial charge in [-0.05, 0) is 72.9 Å². The van der Waals surface area contributed by atoms with Crippen molar-refractivity contribution in [2.24, 2.45) is 0 Å². The Hall–Kier alpha value is -3.32. The summed E-state index contributed by atoms with van der Waals surface area (Å²) >= 11 is 0. The topological polar surface area (TPSA) is 75.7 Å². The standard InChI is InChI=1S/C28H34N2O4S/c1-5-7-23-12-16-26(17-13-23)34-19-18-29-28(31)25-14-10-24(11-15-25)20-30(35(4,32)33)27-9-6-8-21(2)22(27)3/h6,8-17H,5,7,18-20H2,1-4H3,(H,29,31). The van der Waals surface area contributed by atoms with Crippen LogP contribution in [0.25, 0.3) is 0 Å². The van der Waals surface area contributed by atoms with Gasteiger partial charge < -0.3 is 10.1 Å². The summed E-state index contributed by atoms with van der Waals surface area (Å²) in [6.07, 6.45) is 3.36. The van der Waals surface area contributed by atoms with Crippen LogP contribution in [0.4, 0.5) is 5.69 Å². The van der Waals surface area contributed by atoms with Crippen LogP contribution in [-0.4, -0.2) is 33.7 Å². The molecule has 0 aliphatic rings. The molecule has 0 unspecified atom stereocenters. The van der Waals surface area contributed by atoms with Crippen molar-refractivity contribution in [1.82, 2.24) is 5.32 Å². The maximum atomic E-state index is 12.5. The fourth-order valence-corrected chi connectivity index (χ4v) is 4.73. The van der Waals surface area contributed by atoms with E-state index in [4.69, 9.17) is 4.74 Å². The monoisotopic (exact) mass is 494 g/mol. The van der Waals surface area contributed by atoms with Crippen molar-refractivity contribution in [3.05, 3.63) is 94.5 Å². The van der Waals surface area contributed by atoms with E-state index in [1.54, 1.807) is 24.3 Å². The number of carbonyl (C=O) groups excluding carboxylic acids is 1. The lowest BCUT2D eigenvalue weighted by atomic mass is 10.1. The van der Waals surface area contributed by atoms with Gasteiger partial charge in [0.2, 0.25) is 10.0 Å². The van der Waals surface area contributed by atoms with Gasteiger partial charge in [-0.2, -0.15) is 0 Å². The summed E-state index contributed by atoms with van der Waals surface area (Å²) in [6.45, 7) is 6.97. The Morgan fingerprint density at radius 2 is 1.60 bits per heavy atom. The number of aryl methyl sites for hydroxylation is 2. The van der Waals surface area contributed by atoms with Crippen molar-refractivity contribution in [2.75, 3.05) is 23.7 Å². The highest BCUT2D eigenvalue weighted by Crippen LogP contribution is 2.26. The van der Waals surface area contributed by atoms with Gasteiger partial charge in [0.1, 0.15) is 12.4 Å². The van der Waals surface area contributed by atoms with Crippen LogP contribution in [0.3, 0.4) is 0 Å². The number of amides is 1. The third-order valence-corrected chi connectivity index (χ3v) is 7.03. The van der Waals surface area contributed by atoms with E-state index in [1.807, 2.05) is 44.2 Å². The second kappa shape index (κ2) is 11.9. The second-order valence-corrected chi connectivity index (χ2v) is 10.6. The Balaban J connectivity index is 1.56. The van der Waals surface area contributed by atoms with Gasteiger partial charge in [0.15, 0.2) is 0 Å². The van der Waals surface area contributed by atoms with Crippen molar-refractivity contribution in [1.29, 1.82) is 0 Å². The van der Waals surface area contributed by atoms with Crippen molar-refractivity contribution in [3.8, 4) is 5.75 Å². The number of sulfonamides is 1. The van der Waals surface area contributed by atoms with Crippen LogP contribution in [-0.2, 0) is 23.0 Å². The molecule has 0 aliphatic heterocycles. The highest BCUT2D eigenvalue weighted by Gasteiger charge is 2.20. The van der Waals surface area contributed by atoms with Gasteiger partial charge >= 0.3 is 0 Å². The largest absolute Gasteiger partial charge is 0.492 e. The molecule has 186 valence electrons. The van der Waals surface area contributed by atoms with E-state index in [0.717, 1.165) is 35.3 Å². The summed E-state index contributed by atoms with van der Waals surface area (Å²) in [5, 5.41) is 2.85. The minimum absolute atomic E-state index is 0.190. The second-order valence-electron chi connectivity index (χ2n) is 8.68. The Kier molecular flexibility index (Phi) is 8.93. The predicted molar refractivity (Wildman–Crippen MR) is 142 cm³/mol. The van der Waals surface area contributed by atoms with Crippen molar-refractivity contribution < 1.29 is 17.9 Å². The van der Waals surface area contributed by atoms with Crippen LogP contribution in [0.5, 0.6) is 5.75 Å². The van der Waals surface area contributed by atoms with Crippen LogP contribution < -0.4 is 14.4 Å². The lowest BCUT2D eigenvalue weighted by Gasteiger charge is -2.25. The highest BCUT2D eigenvalue weighted by atomic mass is 32.2. The molecule has 3 aromatic rings. The molecule has 3 aromatic carbocycles. The molecule has 0 radical (unpaired) electrons. The van der Waals surface area contributed by atoms with Crippen molar-refractivity contribution in [2.45, 2.75) is 40.2 Å². The molecule has 0 atom stereocenters. The van der Waals surface area contributed by atoms with Gasteiger partial charge in [0.25, 0.3) is 5.91 Å². The summed E-state index contributed by atoms with van der Waals surface area (Å²) in [7, 11) is -3.49. The molecule has 6 nitrogen and oxygen atoms in total. The zero-order valence-corrected chi connectivity index (χ0v) is 21.7. The fourth-order valence-electron chi connectivity index (χ4n) is 3.79. The van der Waals surface area contributed by atoms with Gasteiger partial charge in [0, 0.05) is 5.56 Å². The molecule has 0 aliphatic carbocycles. The highest BCUT2D eigenvalue weighted by molar-refractivity contribution is 7.92. The lowest BCUT2D eigenvalue weighted by molar-refractivity contribution is 0.0947. The average molecular weight is 495 g/mol. The number of ether oxygens (including phenoxy) is 1. The molecular formula is C28H34N2O4S. The maximum absolute atomic E-state index is 12.5. The lowest BCUT2D eigenvalue weighted by Crippen LogP contribution is -2.30. The van der Waals surface area contributed by atoms with Gasteiger partial charge in [0.05, 0.1) is 25.0 Å². The molecule has 0 bridgehead atoms. The number of rotatable bonds is 11.